The van der Waals surface area contributed by atoms with E-state index in [1.165, 1.54) is 19.3 Å². The number of esters is 4. The average Bonchev–Trinajstić information content (AvgIpc) is 3.63. The normalized spacial score (nSPS) is 50.9. The minimum absolute atomic E-state index is 0.0189. The Labute approximate surface area is 250 Å². The molecule has 4 saturated heterocycles. The van der Waals surface area contributed by atoms with Crippen molar-refractivity contribution in [1.82, 2.24) is 0 Å². The van der Waals surface area contributed by atoms with Gasteiger partial charge in [0.2, 0.25) is 11.2 Å². The lowest BCUT2D eigenvalue weighted by molar-refractivity contribution is -0.238. The van der Waals surface area contributed by atoms with Gasteiger partial charge in [-0.15, -0.1) is 0 Å². The first-order valence-corrected chi connectivity index (χ1v) is 14.4. The van der Waals surface area contributed by atoms with Gasteiger partial charge in [-0.25, -0.2) is 19.2 Å². The third-order valence-corrected chi connectivity index (χ3v) is 12.1. The second kappa shape index (κ2) is 8.42. The van der Waals surface area contributed by atoms with Crippen LogP contribution in [-0.4, -0.2) is 107 Å². The Morgan fingerprint density at radius 2 is 1.43 bits per heavy atom. The van der Waals surface area contributed by atoms with Crippen LogP contribution >= 0.6 is 0 Å². The molecule has 44 heavy (non-hydrogen) atoms. The summed E-state index contributed by atoms with van der Waals surface area (Å²) in [5.74, 6) is -4.16. The van der Waals surface area contributed by atoms with Gasteiger partial charge in [0.1, 0.15) is 25.4 Å². The molecule has 4 bridgehead atoms. The number of methoxy groups -OCH3 is 1. The first kappa shape index (κ1) is 29.3. The first-order valence-electron chi connectivity index (χ1n) is 14.4. The molecule has 0 aromatic heterocycles. The molecule has 4 aliphatic heterocycles. The molecule has 236 valence electrons. The maximum atomic E-state index is 12.5. The van der Waals surface area contributed by atoms with Gasteiger partial charge in [0.15, 0.2) is 23.8 Å². The Hall–Kier alpha value is -3.46. The molecular formula is C30H32O14. The Morgan fingerprint density at radius 3 is 2.11 bits per heavy atom. The van der Waals surface area contributed by atoms with Crippen LogP contribution in [0.1, 0.15) is 40.0 Å². The van der Waals surface area contributed by atoms with E-state index >= 15 is 0 Å². The summed E-state index contributed by atoms with van der Waals surface area (Å²) in [6.45, 7) is 4.99. The molecule has 14 heteroatoms. The number of cyclic esters (lactones) is 2. The lowest BCUT2D eigenvalue weighted by atomic mass is 9.49. The zero-order valence-corrected chi connectivity index (χ0v) is 24.4. The van der Waals surface area contributed by atoms with Crippen LogP contribution in [-0.2, 0) is 52.5 Å². The van der Waals surface area contributed by atoms with Crippen molar-refractivity contribution in [2.45, 2.75) is 75.7 Å². The molecule has 0 amide bonds. The topological polar surface area (TPSA) is 209 Å². The molecule has 4 unspecified atom stereocenters. The number of aliphatic hydroxyl groups is 3. The number of rotatable bonds is 1. The summed E-state index contributed by atoms with van der Waals surface area (Å²) in [4.78, 5) is 73.0. The lowest BCUT2D eigenvalue weighted by Crippen LogP contribution is -2.72. The zero-order chi connectivity index (χ0) is 32.0. The summed E-state index contributed by atoms with van der Waals surface area (Å²) in [5, 5.41) is 31.7. The quantitative estimate of drug-likeness (QED) is 0.229. The smallest absolute Gasteiger partial charge is 0.343 e. The molecule has 4 aliphatic carbocycles. The van der Waals surface area contributed by atoms with Crippen LogP contribution in [0.5, 0.6) is 0 Å². The standard InChI is InChI=1S/C16H18O7.C14H14O7/c1-7-8(17)4-9-14(2)6-22-13(20)16(14,21-3)10-5-15(7,9)11(18)12(19)23-10;1-12-5-20-11(18)14(12,19)8-4-13(9(16)10(17)21-8)3-6(15)2-7(12)13/h4,7,10-11,18H,5-6H2,1-3H3;2,8-9,16,19H,3-5H2,1H3/t7-,10+,11?,14-,15?,16+;8-,9?,12+,13?,14-/m01/s1. The number of fused-ring (bicyclic) bond motifs is 8. The van der Waals surface area contributed by atoms with Crippen molar-refractivity contribution in [3.05, 3.63) is 23.3 Å². The number of carbonyl (C=O) groups is 6. The molecule has 0 radical (unpaired) electrons. The van der Waals surface area contributed by atoms with Gasteiger partial charge in [-0.05, 0) is 37.1 Å². The van der Waals surface area contributed by atoms with E-state index in [4.69, 9.17) is 23.7 Å². The highest BCUT2D eigenvalue weighted by atomic mass is 16.6. The van der Waals surface area contributed by atoms with Crippen molar-refractivity contribution in [1.29, 1.82) is 0 Å². The van der Waals surface area contributed by atoms with E-state index in [1.54, 1.807) is 20.8 Å². The Balaban J connectivity index is 0.000000143. The summed E-state index contributed by atoms with van der Waals surface area (Å²) >= 11 is 0. The molecule has 4 heterocycles. The second-order valence-corrected chi connectivity index (χ2v) is 13.7. The van der Waals surface area contributed by atoms with E-state index in [9.17, 15) is 44.1 Å². The van der Waals surface area contributed by atoms with Crippen LogP contribution in [0.2, 0.25) is 0 Å². The average molecular weight is 617 g/mol. The Bertz CT molecular complexity index is 1550. The van der Waals surface area contributed by atoms with Crippen molar-refractivity contribution in [3.63, 3.8) is 0 Å². The number of ether oxygens (including phenoxy) is 5. The number of hydrogen-bond acceptors (Lipinski definition) is 14. The Morgan fingerprint density at radius 1 is 0.818 bits per heavy atom. The lowest BCUT2D eigenvalue weighted by Gasteiger charge is -2.58. The molecule has 14 nitrogen and oxygen atoms in total. The first-order chi connectivity index (χ1) is 20.5. The van der Waals surface area contributed by atoms with Gasteiger partial charge in [-0.2, -0.15) is 0 Å². The summed E-state index contributed by atoms with van der Waals surface area (Å²) in [5.41, 5.74) is -6.80. The van der Waals surface area contributed by atoms with Gasteiger partial charge in [0.05, 0.1) is 10.8 Å². The maximum absolute atomic E-state index is 12.5. The van der Waals surface area contributed by atoms with Gasteiger partial charge in [0, 0.05) is 43.1 Å². The van der Waals surface area contributed by atoms with Crippen LogP contribution in [0.4, 0.5) is 0 Å². The molecule has 0 aromatic carbocycles. The van der Waals surface area contributed by atoms with Crippen molar-refractivity contribution in [2.24, 2.45) is 27.6 Å². The maximum Gasteiger partial charge on any atom is 0.343 e. The number of aliphatic hydroxyl groups excluding tert-OH is 2. The molecule has 8 aliphatic rings. The summed E-state index contributed by atoms with van der Waals surface area (Å²) in [6.07, 6.45) is -1.93. The molecule has 2 spiro atoms. The SMILES string of the molecule is CO[C@]12C(=O)OC[C@@]1(C)C1=CC(=O)[C@H](C)C13C[C@H]2OC(=O)C3O.C[C@@]12COC(=O)[C@]1(O)[C@H]1CC3(CC(=O)C=C32)C(O)C(=O)O1. The molecule has 8 rings (SSSR count). The fraction of sp³-hybridized carbons (Fsp3) is 0.667. The minimum Gasteiger partial charge on any atom is -0.462 e. The summed E-state index contributed by atoms with van der Waals surface area (Å²) < 4.78 is 26.3. The second-order valence-electron chi connectivity index (χ2n) is 13.7. The summed E-state index contributed by atoms with van der Waals surface area (Å²) in [7, 11) is 1.37. The monoisotopic (exact) mass is 616 g/mol. The molecule has 11 atom stereocenters. The van der Waals surface area contributed by atoms with Crippen molar-refractivity contribution in [3.8, 4) is 0 Å². The Kier molecular flexibility index (Phi) is 5.60. The number of carbonyl (C=O) groups excluding carboxylic acids is 6. The number of hydrogen-bond donors (Lipinski definition) is 3. The fourth-order valence-corrected chi connectivity index (χ4v) is 9.66. The van der Waals surface area contributed by atoms with Crippen molar-refractivity contribution >= 4 is 35.4 Å². The highest BCUT2D eigenvalue weighted by molar-refractivity contribution is 6.01. The van der Waals surface area contributed by atoms with E-state index in [0.29, 0.717) is 11.1 Å². The molecule has 3 N–H and O–H groups in total. The number of allylic oxidation sites excluding steroid dienone is 2. The van der Waals surface area contributed by atoms with Crippen LogP contribution in [0.25, 0.3) is 0 Å². The van der Waals surface area contributed by atoms with Crippen LogP contribution in [0.3, 0.4) is 0 Å². The van der Waals surface area contributed by atoms with E-state index in [2.05, 4.69) is 0 Å². The van der Waals surface area contributed by atoms with Crippen molar-refractivity contribution < 1.29 is 67.8 Å². The van der Waals surface area contributed by atoms with Crippen LogP contribution in [0, 0.1) is 27.6 Å². The zero-order valence-electron chi connectivity index (χ0n) is 24.4. The van der Waals surface area contributed by atoms with E-state index in [-0.39, 0.29) is 44.0 Å². The largest absolute Gasteiger partial charge is 0.462 e. The van der Waals surface area contributed by atoms with Crippen molar-refractivity contribution in [2.75, 3.05) is 20.3 Å². The van der Waals surface area contributed by atoms with E-state index < -0.39 is 87.1 Å². The number of ketones is 2. The van der Waals surface area contributed by atoms with E-state index in [1.807, 2.05) is 0 Å². The predicted octanol–water partition coefficient (Wildman–Crippen LogP) is -1.39. The van der Waals surface area contributed by atoms with Gasteiger partial charge in [-0.3, -0.25) is 9.59 Å². The molecular weight excluding hydrogens is 584 g/mol. The highest BCUT2D eigenvalue weighted by Crippen LogP contribution is 2.68. The van der Waals surface area contributed by atoms with Gasteiger partial charge in [-0.1, -0.05) is 6.92 Å². The van der Waals surface area contributed by atoms with Crippen LogP contribution in [0.15, 0.2) is 23.3 Å². The highest BCUT2D eigenvalue weighted by Gasteiger charge is 2.80. The minimum atomic E-state index is -2.01. The third-order valence-electron chi connectivity index (χ3n) is 12.1. The third kappa shape index (κ3) is 2.83. The fourth-order valence-electron chi connectivity index (χ4n) is 9.66. The van der Waals surface area contributed by atoms with Gasteiger partial charge < -0.3 is 39.0 Å². The van der Waals surface area contributed by atoms with Gasteiger partial charge >= 0.3 is 23.9 Å². The molecule has 2 saturated carbocycles. The molecule has 0 aromatic rings. The van der Waals surface area contributed by atoms with Crippen LogP contribution < -0.4 is 0 Å². The molecule has 6 fully saturated rings. The predicted molar refractivity (Wildman–Crippen MR) is 139 cm³/mol. The summed E-state index contributed by atoms with van der Waals surface area (Å²) in [6, 6.07) is 0. The van der Waals surface area contributed by atoms with Gasteiger partial charge in [0.25, 0.3) is 0 Å². The van der Waals surface area contributed by atoms with E-state index in [0.717, 1.165) is 0 Å².